The minimum Gasteiger partial charge on any atom is -0.391 e. The van der Waals surface area contributed by atoms with Gasteiger partial charge in [-0.1, -0.05) is 0 Å². The maximum absolute atomic E-state index is 13.3. The molecule has 40 heavy (non-hydrogen) atoms. The number of aliphatic hydroxyl groups is 1. The van der Waals surface area contributed by atoms with Crippen molar-refractivity contribution in [2.75, 3.05) is 43.1 Å². The van der Waals surface area contributed by atoms with E-state index >= 15 is 0 Å². The van der Waals surface area contributed by atoms with Crippen LogP contribution in [0.1, 0.15) is 19.4 Å². The van der Waals surface area contributed by atoms with Gasteiger partial charge in [-0.15, -0.1) is 11.3 Å². The number of aromatic nitrogens is 2. The first kappa shape index (κ1) is 32.3. The first-order valence-corrected chi connectivity index (χ1v) is 15.5. The molecule has 1 atom stereocenters. The molecule has 1 aliphatic heterocycles. The summed E-state index contributed by atoms with van der Waals surface area (Å²) < 4.78 is 133. The summed E-state index contributed by atoms with van der Waals surface area (Å²) in [5, 5.41) is 9.85. The van der Waals surface area contributed by atoms with Crippen LogP contribution < -0.4 is 10.6 Å². The van der Waals surface area contributed by atoms with E-state index in [-0.39, 0.29) is 47.8 Å². The Morgan fingerprint density at radius 2 is 1.62 bits per heavy atom. The highest BCUT2D eigenvalue weighted by Gasteiger charge is 2.71. The zero-order valence-corrected chi connectivity index (χ0v) is 23.6. The molecule has 226 valence electrons. The van der Waals surface area contributed by atoms with E-state index in [0.717, 1.165) is 26.2 Å². The Hall–Kier alpha value is -2.26. The molecule has 1 saturated heterocycles. The Kier molecular flexibility index (Phi) is 8.76. The number of nitrogen functional groups attached to an aromatic ring is 1. The van der Waals surface area contributed by atoms with Gasteiger partial charge in [-0.2, -0.15) is 35.0 Å². The Balaban J connectivity index is 2.02. The summed E-state index contributed by atoms with van der Waals surface area (Å²) in [6.07, 6.45) is -11.0. The van der Waals surface area contributed by atoms with Gasteiger partial charge in [0.05, 0.1) is 17.3 Å². The average Bonchev–Trinajstić information content (AvgIpc) is 3.26. The maximum Gasteiger partial charge on any atom is 0.430 e. The molecule has 0 bridgehead atoms. The number of piperazine rings is 1. The van der Waals surface area contributed by atoms with Gasteiger partial charge in [-0.25, -0.2) is 26.8 Å². The third kappa shape index (κ3) is 6.15. The SMILES string of the molecule is CC(C)N(CC1CN(S(=O)(=O)c2ccc(N)s2)CCN1c1ncc(C(O)(C(F)(F)F)C(F)(F)F)cn1)S(C)(=O)=O. The lowest BCUT2D eigenvalue weighted by Crippen LogP contribution is -2.59. The van der Waals surface area contributed by atoms with Crippen LogP contribution in [-0.2, 0) is 25.6 Å². The summed E-state index contributed by atoms with van der Waals surface area (Å²) in [6, 6.07) is 1.11. The molecule has 1 fully saturated rings. The quantitative estimate of drug-likeness (QED) is 0.413. The van der Waals surface area contributed by atoms with Crippen LogP contribution in [0.15, 0.2) is 28.7 Å². The fourth-order valence-electron chi connectivity index (χ4n) is 4.15. The van der Waals surface area contributed by atoms with Crippen molar-refractivity contribution in [3.8, 4) is 0 Å². The number of nitrogens with two attached hydrogens (primary N) is 1. The minimum atomic E-state index is -6.14. The van der Waals surface area contributed by atoms with Crippen molar-refractivity contribution >= 4 is 42.3 Å². The number of anilines is 2. The van der Waals surface area contributed by atoms with Gasteiger partial charge >= 0.3 is 12.4 Å². The highest BCUT2D eigenvalue weighted by molar-refractivity contribution is 7.91. The Morgan fingerprint density at radius 3 is 2.05 bits per heavy atom. The van der Waals surface area contributed by atoms with E-state index in [4.69, 9.17) is 5.73 Å². The molecule has 0 aromatic carbocycles. The van der Waals surface area contributed by atoms with Gasteiger partial charge in [0, 0.05) is 50.2 Å². The van der Waals surface area contributed by atoms with Crippen LogP contribution in [-0.4, -0.2) is 97.4 Å². The average molecular weight is 641 g/mol. The number of alkyl halides is 6. The normalized spacial score (nSPS) is 18.6. The van der Waals surface area contributed by atoms with E-state index in [1.807, 2.05) is 0 Å². The molecule has 3 N–H and O–H groups in total. The molecule has 0 aliphatic carbocycles. The van der Waals surface area contributed by atoms with Crippen LogP contribution in [0.25, 0.3) is 0 Å². The molecule has 0 spiro atoms. The second-order valence-electron chi connectivity index (χ2n) is 9.27. The summed E-state index contributed by atoms with van der Waals surface area (Å²) >= 11 is 0.814. The molecule has 3 heterocycles. The van der Waals surface area contributed by atoms with Crippen molar-refractivity contribution in [2.24, 2.45) is 0 Å². The Labute approximate surface area is 230 Å². The van der Waals surface area contributed by atoms with E-state index in [1.165, 1.54) is 17.0 Å². The Bertz CT molecular complexity index is 1400. The van der Waals surface area contributed by atoms with Crippen LogP contribution in [0.5, 0.6) is 0 Å². The third-order valence-corrected chi connectivity index (χ3v) is 10.8. The molecule has 1 unspecified atom stereocenters. The first-order valence-electron chi connectivity index (χ1n) is 11.4. The predicted molar refractivity (Wildman–Crippen MR) is 133 cm³/mol. The summed E-state index contributed by atoms with van der Waals surface area (Å²) in [7, 11) is -7.91. The van der Waals surface area contributed by atoms with E-state index in [9.17, 15) is 48.3 Å². The highest BCUT2D eigenvalue weighted by Crippen LogP contribution is 2.49. The molecule has 2 aromatic heterocycles. The lowest BCUT2D eigenvalue weighted by atomic mass is 9.95. The molecule has 11 nitrogen and oxygen atoms in total. The molecule has 0 amide bonds. The van der Waals surface area contributed by atoms with E-state index in [1.54, 1.807) is 13.8 Å². The fraction of sp³-hybridized carbons (Fsp3) is 0.600. The van der Waals surface area contributed by atoms with Crippen molar-refractivity contribution in [2.45, 2.75) is 48.1 Å². The van der Waals surface area contributed by atoms with Crippen LogP contribution in [0.3, 0.4) is 0 Å². The maximum atomic E-state index is 13.3. The molecule has 2 aromatic rings. The van der Waals surface area contributed by atoms with Gasteiger partial charge in [0.1, 0.15) is 4.21 Å². The zero-order valence-electron chi connectivity index (χ0n) is 21.2. The second-order valence-corrected chi connectivity index (χ2v) is 14.5. The molecular weight excluding hydrogens is 614 g/mol. The van der Waals surface area contributed by atoms with E-state index < -0.39 is 61.6 Å². The Morgan fingerprint density at radius 1 is 1.07 bits per heavy atom. The number of hydrogen-bond donors (Lipinski definition) is 2. The number of nitrogens with zero attached hydrogens (tertiary/aromatic N) is 5. The summed E-state index contributed by atoms with van der Waals surface area (Å²) in [5.41, 5.74) is -1.26. The van der Waals surface area contributed by atoms with Crippen LogP contribution in [0, 0.1) is 0 Å². The van der Waals surface area contributed by atoms with Crippen molar-refractivity contribution in [1.82, 2.24) is 18.6 Å². The van der Waals surface area contributed by atoms with Crippen molar-refractivity contribution in [3.05, 3.63) is 30.1 Å². The van der Waals surface area contributed by atoms with Gasteiger partial charge in [-0.05, 0) is 26.0 Å². The van der Waals surface area contributed by atoms with E-state index in [0.29, 0.717) is 0 Å². The molecule has 0 radical (unpaired) electrons. The van der Waals surface area contributed by atoms with Gasteiger partial charge in [-0.3, -0.25) is 0 Å². The largest absolute Gasteiger partial charge is 0.430 e. The topological polar surface area (TPSA) is 150 Å². The zero-order chi connectivity index (χ0) is 30.5. The summed E-state index contributed by atoms with van der Waals surface area (Å²) in [6.45, 7) is 2.11. The minimum absolute atomic E-state index is 0.0692. The number of sulfonamides is 2. The lowest BCUT2D eigenvalue weighted by Gasteiger charge is -2.42. The lowest BCUT2D eigenvalue weighted by molar-refractivity contribution is -0.376. The predicted octanol–water partition coefficient (Wildman–Crippen LogP) is 1.98. The molecule has 20 heteroatoms. The van der Waals surface area contributed by atoms with Gasteiger partial charge in [0.15, 0.2) is 0 Å². The van der Waals surface area contributed by atoms with Crippen molar-refractivity contribution in [3.63, 3.8) is 0 Å². The monoisotopic (exact) mass is 640 g/mol. The smallest absolute Gasteiger partial charge is 0.391 e. The second kappa shape index (κ2) is 10.9. The molecule has 1 aliphatic rings. The molecule has 3 rings (SSSR count). The highest BCUT2D eigenvalue weighted by atomic mass is 32.2. The van der Waals surface area contributed by atoms with Crippen LogP contribution in [0.4, 0.5) is 37.3 Å². The fourth-order valence-corrected chi connectivity index (χ4v) is 8.07. The summed E-state index contributed by atoms with van der Waals surface area (Å²) in [5.74, 6) is -0.393. The number of rotatable bonds is 8. The van der Waals surface area contributed by atoms with Crippen LogP contribution in [0.2, 0.25) is 0 Å². The van der Waals surface area contributed by atoms with E-state index in [2.05, 4.69) is 9.97 Å². The number of halogens is 6. The third-order valence-electron chi connectivity index (χ3n) is 6.17. The molecular formula is C20H26F6N6O5S3. The number of hydrogen-bond acceptors (Lipinski definition) is 10. The van der Waals surface area contributed by atoms with Gasteiger partial charge < -0.3 is 15.7 Å². The first-order chi connectivity index (χ1) is 18.1. The standard InChI is InChI=1S/C20H26F6N6O5S3/c1-12(2)32(39(3,34)35)11-14-10-30(40(36,37)16-5-4-15(27)38-16)6-7-31(14)17-28-8-13(9-29-17)18(33,19(21,22)23)20(24,25)26/h4-5,8-9,12,14,33H,6-7,10-11,27H2,1-3H3. The molecule has 0 saturated carbocycles. The van der Waals surface area contributed by atoms with Gasteiger partial charge in [0.2, 0.25) is 16.0 Å². The van der Waals surface area contributed by atoms with Gasteiger partial charge in [0.25, 0.3) is 15.6 Å². The van der Waals surface area contributed by atoms with Crippen molar-refractivity contribution in [1.29, 1.82) is 0 Å². The number of thiophene rings is 1. The van der Waals surface area contributed by atoms with Crippen molar-refractivity contribution < 1.29 is 48.3 Å². The van der Waals surface area contributed by atoms with Crippen LogP contribution >= 0.6 is 11.3 Å². The summed E-state index contributed by atoms with van der Waals surface area (Å²) in [4.78, 5) is 8.52.